The van der Waals surface area contributed by atoms with E-state index in [9.17, 15) is 10.1 Å². The van der Waals surface area contributed by atoms with E-state index in [0.29, 0.717) is 42.2 Å². The van der Waals surface area contributed by atoms with Crippen LogP contribution in [0.5, 0.6) is 5.75 Å². The zero-order valence-electron chi connectivity index (χ0n) is 17.5. The number of hydrazine groups is 1. The highest BCUT2D eigenvalue weighted by atomic mass is 16.5. The first-order chi connectivity index (χ1) is 13.7. The number of Topliss-reactive ketones (excluding diaryl/α,β-unsaturated/α-hetero) is 1. The summed E-state index contributed by atoms with van der Waals surface area (Å²) < 4.78 is 5.56. The van der Waals surface area contributed by atoms with E-state index in [4.69, 9.17) is 10.5 Å². The molecule has 29 heavy (non-hydrogen) atoms. The fourth-order valence-corrected chi connectivity index (χ4v) is 4.19. The van der Waals surface area contributed by atoms with Gasteiger partial charge in [-0.15, -0.1) is 0 Å². The van der Waals surface area contributed by atoms with Crippen LogP contribution in [0.4, 0.5) is 0 Å². The van der Waals surface area contributed by atoms with Crippen molar-refractivity contribution < 1.29 is 9.53 Å². The molecule has 0 radical (unpaired) electrons. The quantitative estimate of drug-likeness (QED) is 0.773. The predicted molar refractivity (Wildman–Crippen MR) is 112 cm³/mol. The summed E-state index contributed by atoms with van der Waals surface area (Å²) in [7, 11) is 3.73. The van der Waals surface area contributed by atoms with Crippen molar-refractivity contribution in [2.24, 2.45) is 11.1 Å². The van der Waals surface area contributed by atoms with Gasteiger partial charge in [0.2, 0.25) is 0 Å². The van der Waals surface area contributed by atoms with E-state index >= 15 is 0 Å². The molecule has 1 heterocycles. The normalized spacial score (nSPS) is 21.2. The van der Waals surface area contributed by atoms with Gasteiger partial charge in [0.05, 0.1) is 17.6 Å². The number of rotatable bonds is 5. The van der Waals surface area contributed by atoms with E-state index in [0.717, 1.165) is 11.3 Å². The fourth-order valence-electron chi connectivity index (χ4n) is 4.19. The number of nitriles is 1. The molecule has 0 saturated carbocycles. The van der Waals surface area contributed by atoms with Gasteiger partial charge in [0, 0.05) is 31.8 Å². The van der Waals surface area contributed by atoms with Crippen molar-refractivity contribution in [2.75, 3.05) is 20.7 Å². The Morgan fingerprint density at radius 3 is 2.55 bits per heavy atom. The van der Waals surface area contributed by atoms with Gasteiger partial charge in [-0.2, -0.15) is 5.26 Å². The summed E-state index contributed by atoms with van der Waals surface area (Å²) >= 11 is 0. The molecule has 1 aliphatic heterocycles. The van der Waals surface area contributed by atoms with E-state index < -0.39 is 5.92 Å². The maximum atomic E-state index is 13.3. The topological polar surface area (TPSA) is 82.6 Å². The average molecular weight is 393 g/mol. The zero-order chi connectivity index (χ0) is 21.3. The first-order valence-corrected chi connectivity index (χ1v) is 9.67. The molecule has 152 valence electrons. The number of carbonyl (C=O) groups is 1. The Bertz CT molecular complexity index is 933. The van der Waals surface area contributed by atoms with Crippen LogP contribution >= 0.6 is 0 Å². The number of benzene rings is 1. The predicted octanol–water partition coefficient (Wildman–Crippen LogP) is 3.46. The minimum Gasteiger partial charge on any atom is -0.490 e. The van der Waals surface area contributed by atoms with Gasteiger partial charge in [0.1, 0.15) is 18.2 Å². The first-order valence-electron chi connectivity index (χ1n) is 9.67. The zero-order valence-corrected chi connectivity index (χ0v) is 17.5. The van der Waals surface area contributed by atoms with Gasteiger partial charge in [-0.1, -0.05) is 38.6 Å². The van der Waals surface area contributed by atoms with Crippen LogP contribution in [0.1, 0.15) is 38.2 Å². The second kappa shape index (κ2) is 7.76. The molecule has 0 saturated heterocycles. The Labute approximate surface area is 172 Å². The highest BCUT2D eigenvalue weighted by Gasteiger charge is 2.44. The van der Waals surface area contributed by atoms with Gasteiger partial charge in [-0.3, -0.25) is 9.80 Å². The van der Waals surface area contributed by atoms with Crippen molar-refractivity contribution in [2.45, 2.75) is 32.6 Å². The molecular formula is C23H28N4O2. The second-order valence-corrected chi connectivity index (χ2v) is 8.47. The third kappa shape index (κ3) is 3.79. The Balaban J connectivity index is 2.16. The smallest absolute Gasteiger partial charge is 0.162 e. The van der Waals surface area contributed by atoms with Crippen molar-refractivity contribution in [1.82, 2.24) is 10.0 Å². The number of nitrogens with zero attached hydrogens (tertiary/aromatic N) is 3. The summed E-state index contributed by atoms with van der Waals surface area (Å²) in [6.45, 7) is 8.24. The first kappa shape index (κ1) is 20.7. The number of ether oxygens (including phenoxy) is 1. The molecule has 1 aromatic carbocycles. The van der Waals surface area contributed by atoms with E-state index in [-0.39, 0.29) is 11.2 Å². The summed E-state index contributed by atoms with van der Waals surface area (Å²) in [6, 6.07) is 9.76. The molecular weight excluding hydrogens is 364 g/mol. The second-order valence-electron chi connectivity index (χ2n) is 8.47. The summed E-state index contributed by atoms with van der Waals surface area (Å²) in [5.74, 6) is 0.683. The van der Waals surface area contributed by atoms with Crippen molar-refractivity contribution in [3.63, 3.8) is 0 Å². The van der Waals surface area contributed by atoms with Gasteiger partial charge in [0.25, 0.3) is 0 Å². The number of allylic oxidation sites excluding steroid dienone is 3. The number of carbonyl (C=O) groups excluding carboxylic acids is 1. The molecule has 0 bridgehead atoms. The molecule has 0 amide bonds. The average Bonchev–Trinajstić information content (AvgIpc) is 2.64. The monoisotopic (exact) mass is 392 g/mol. The number of hydrogen-bond acceptors (Lipinski definition) is 6. The van der Waals surface area contributed by atoms with Crippen LogP contribution in [0.2, 0.25) is 0 Å². The molecule has 2 N–H and O–H groups in total. The molecule has 6 nitrogen and oxygen atoms in total. The van der Waals surface area contributed by atoms with E-state index in [1.54, 1.807) is 6.08 Å². The molecule has 2 aliphatic rings. The molecule has 0 spiro atoms. The van der Waals surface area contributed by atoms with Crippen molar-refractivity contribution in [3.8, 4) is 11.8 Å². The van der Waals surface area contributed by atoms with E-state index in [1.165, 1.54) is 0 Å². The summed E-state index contributed by atoms with van der Waals surface area (Å²) in [4.78, 5) is 13.3. The van der Waals surface area contributed by atoms with Crippen LogP contribution in [0.15, 0.2) is 59.6 Å². The Hall–Kier alpha value is -3.04. The summed E-state index contributed by atoms with van der Waals surface area (Å²) in [5.41, 5.74) is 9.09. The van der Waals surface area contributed by atoms with Crippen molar-refractivity contribution >= 4 is 5.78 Å². The summed E-state index contributed by atoms with van der Waals surface area (Å²) in [5, 5.41) is 13.6. The van der Waals surface area contributed by atoms with Gasteiger partial charge in [0.15, 0.2) is 5.78 Å². The van der Waals surface area contributed by atoms with Gasteiger partial charge in [-0.05, 0) is 29.5 Å². The minimum atomic E-state index is -0.469. The molecule has 6 heteroatoms. The maximum absolute atomic E-state index is 13.3. The fraction of sp³-hybridized carbons (Fsp3) is 0.391. The molecule has 1 atom stereocenters. The molecule has 0 fully saturated rings. The molecule has 0 aromatic heterocycles. The van der Waals surface area contributed by atoms with Gasteiger partial charge in [-0.25, -0.2) is 5.01 Å². The maximum Gasteiger partial charge on any atom is 0.162 e. The van der Waals surface area contributed by atoms with Crippen molar-refractivity contribution in [3.05, 3.63) is 65.1 Å². The highest BCUT2D eigenvalue weighted by molar-refractivity contribution is 6.00. The highest BCUT2D eigenvalue weighted by Crippen LogP contribution is 2.49. The Kier molecular flexibility index (Phi) is 5.54. The molecule has 1 unspecified atom stereocenters. The third-order valence-corrected chi connectivity index (χ3v) is 5.34. The lowest BCUT2D eigenvalue weighted by Crippen LogP contribution is -2.47. The number of nitrogens with two attached hydrogens (primary N) is 1. The van der Waals surface area contributed by atoms with Crippen LogP contribution in [0.25, 0.3) is 0 Å². The standard InChI is InChI=1S/C23H28N4O2/c1-6-11-29-16-9-7-15(8-10-16)20-17(14-24)22(25)27(26(4)5)18-12-23(2,3)13-19(28)21(18)20/h6-10,20H,1,11-13,25H2,2-5H3. The van der Waals surface area contributed by atoms with Crippen LogP contribution in [0.3, 0.4) is 0 Å². The van der Waals surface area contributed by atoms with Crippen LogP contribution in [-0.4, -0.2) is 36.5 Å². The lowest BCUT2D eigenvalue weighted by molar-refractivity contribution is -0.119. The third-order valence-electron chi connectivity index (χ3n) is 5.34. The summed E-state index contributed by atoms with van der Waals surface area (Å²) in [6.07, 6.45) is 2.84. The number of ketones is 1. The minimum absolute atomic E-state index is 0.0698. The van der Waals surface area contributed by atoms with Crippen molar-refractivity contribution in [1.29, 1.82) is 5.26 Å². The Morgan fingerprint density at radius 2 is 2.00 bits per heavy atom. The molecule has 1 aliphatic carbocycles. The SMILES string of the molecule is C=CCOc1ccc(C2C(C#N)=C(N)N(N(C)C)C3=C2C(=O)CC(C)(C)C3)cc1. The van der Waals surface area contributed by atoms with Crippen LogP contribution in [0, 0.1) is 16.7 Å². The Morgan fingerprint density at radius 1 is 1.34 bits per heavy atom. The molecule has 1 aromatic rings. The lowest BCUT2D eigenvalue weighted by atomic mass is 9.69. The van der Waals surface area contributed by atoms with Crippen LogP contribution < -0.4 is 10.5 Å². The van der Waals surface area contributed by atoms with Gasteiger partial charge < -0.3 is 10.5 Å². The lowest BCUT2D eigenvalue weighted by Gasteiger charge is -2.45. The van der Waals surface area contributed by atoms with Gasteiger partial charge >= 0.3 is 0 Å². The van der Waals surface area contributed by atoms with Crippen LogP contribution in [-0.2, 0) is 4.79 Å². The largest absolute Gasteiger partial charge is 0.490 e. The van der Waals surface area contributed by atoms with E-state index in [2.05, 4.69) is 26.5 Å². The number of hydrogen-bond donors (Lipinski definition) is 1. The van der Waals surface area contributed by atoms with E-state index in [1.807, 2.05) is 48.4 Å². The molecule has 3 rings (SSSR count).